The molecule has 174 valence electrons. The number of piperazine rings is 1. The molecule has 9 heteroatoms. The average molecular weight is 470 g/mol. The number of carbonyl (C=O) groups is 2. The van der Waals surface area contributed by atoms with Crippen molar-refractivity contribution in [1.82, 2.24) is 10.2 Å². The van der Waals surface area contributed by atoms with Gasteiger partial charge >= 0.3 is 5.97 Å². The number of nitro benzene ring substituents is 1. The van der Waals surface area contributed by atoms with Crippen LogP contribution in [-0.4, -0.2) is 54.5 Å². The van der Waals surface area contributed by atoms with Gasteiger partial charge in [0.05, 0.1) is 16.9 Å². The van der Waals surface area contributed by atoms with Crippen LogP contribution in [0.4, 0.5) is 5.69 Å². The van der Waals surface area contributed by atoms with Crippen molar-refractivity contribution in [3.8, 4) is 0 Å². The summed E-state index contributed by atoms with van der Waals surface area (Å²) in [4.78, 5) is 39.0. The number of ether oxygens (including phenoxy) is 1. The van der Waals surface area contributed by atoms with Gasteiger partial charge in [0.2, 0.25) is 5.91 Å². The number of hydrogen-bond acceptors (Lipinski definition) is 7. The monoisotopic (exact) mass is 469 g/mol. The summed E-state index contributed by atoms with van der Waals surface area (Å²) in [5, 5.41) is 14.8. The zero-order chi connectivity index (χ0) is 24.0. The normalized spacial score (nSPS) is 16.2. The highest BCUT2D eigenvalue weighted by atomic mass is 32.2. The number of rotatable bonds is 7. The molecule has 1 saturated heterocycles. The number of esters is 1. The van der Waals surface area contributed by atoms with E-state index in [1.807, 2.05) is 24.3 Å². The molecule has 1 heterocycles. The van der Waals surface area contributed by atoms with Gasteiger partial charge in [0.25, 0.3) is 5.69 Å². The lowest BCUT2D eigenvalue weighted by Gasteiger charge is -2.33. The van der Waals surface area contributed by atoms with E-state index in [-0.39, 0.29) is 11.6 Å². The van der Waals surface area contributed by atoms with Crippen molar-refractivity contribution in [2.24, 2.45) is 0 Å². The fraction of sp³-hybridized carbons (Fsp3) is 0.333. The van der Waals surface area contributed by atoms with Gasteiger partial charge < -0.3 is 15.0 Å². The Morgan fingerprint density at radius 1 is 1.24 bits per heavy atom. The van der Waals surface area contributed by atoms with Crippen LogP contribution >= 0.6 is 11.8 Å². The van der Waals surface area contributed by atoms with Crippen LogP contribution in [0.25, 0.3) is 6.08 Å². The van der Waals surface area contributed by atoms with Gasteiger partial charge in [0, 0.05) is 36.7 Å². The third-order valence-corrected chi connectivity index (χ3v) is 6.52. The fourth-order valence-electron chi connectivity index (χ4n) is 3.61. The van der Waals surface area contributed by atoms with Gasteiger partial charge in [0.1, 0.15) is 6.04 Å². The number of nitrogens with zero attached hydrogens (tertiary/aromatic N) is 2. The summed E-state index contributed by atoms with van der Waals surface area (Å²) >= 11 is 1.36. The van der Waals surface area contributed by atoms with Crippen LogP contribution < -0.4 is 5.32 Å². The van der Waals surface area contributed by atoms with E-state index in [0.29, 0.717) is 36.0 Å². The number of amides is 1. The molecule has 8 nitrogen and oxygen atoms in total. The van der Waals surface area contributed by atoms with Gasteiger partial charge in [-0.1, -0.05) is 49.9 Å². The van der Waals surface area contributed by atoms with Crippen molar-refractivity contribution in [1.29, 1.82) is 0 Å². The number of benzene rings is 2. The number of carbonyl (C=O) groups excluding carboxylic acids is 2. The molecular weight excluding hydrogens is 442 g/mol. The molecule has 1 aliphatic rings. The van der Waals surface area contributed by atoms with Crippen molar-refractivity contribution >= 4 is 35.4 Å². The zero-order valence-corrected chi connectivity index (χ0v) is 19.6. The van der Waals surface area contributed by atoms with Crippen LogP contribution in [0, 0.1) is 10.1 Å². The highest BCUT2D eigenvalue weighted by molar-refractivity contribution is 7.99. The summed E-state index contributed by atoms with van der Waals surface area (Å²) in [6, 6.07) is 12.1. The van der Waals surface area contributed by atoms with Crippen LogP contribution in [-0.2, 0) is 14.3 Å². The maximum atomic E-state index is 12.7. The second kappa shape index (κ2) is 11.1. The molecule has 0 aliphatic carbocycles. The molecule has 2 aromatic rings. The van der Waals surface area contributed by atoms with Gasteiger partial charge in [0.15, 0.2) is 0 Å². The van der Waals surface area contributed by atoms with Crippen LogP contribution in [0.5, 0.6) is 0 Å². The summed E-state index contributed by atoms with van der Waals surface area (Å²) in [7, 11) is 1.29. The molecule has 1 aliphatic heterocycles. The van der Waals surface area contributed by atoms with E-state index in [0.717, 1.165) is 10.5 Å². The second-order valence-corrected chi connectivity index (χ2v) is 8.97. The van der Waals surface area contributed by atoms with Gasteiger partial charge in [-0.05, 0) is 35.3 Å². The first-order chi connectivity index (χ1) is 15.8. The summed E-state index contributed by atoms with van der Waals surface area (Å²) in [5.74, 6) is -0.540. The zero-order valence-electron chi connectivity index (χ0n) is 18.8. The fourth-order valence-corrected chi connectivity index (χ4v) is 4.79. The number of hydrogen-bond donors (Lipinski definition) is 1. The second-order valence-electron chi connectivity index (χ2n) is 7.89. The number of nitrogens with one attached hydrogen (secondary N) is 1. The molecule has 0 radical (unpaired) electrons. The van der Waals surface area contributed by atoms with E-state index in [9.17, 15) is 19.7 Å². The van der Waals surface area contributed by atoms with E-state index in [1.165, 1.54) is 42.0 Å². The van der Waals surface area contributed by atoms with Crippen LogP contribution in [0.1, 0.15) is 30.9 Å². The van der Waals surface area contributed by atoms with Gasteiger partial charge in [-0.15, -0.1) is 0 Å². The van der Waals surface area contributed by atoms with E-state index in [1.54, 1.807) is 12.1 Å². The number of methoxy groups -OCH3 is 1. The van der Waals surface area contributed by atoms with Crippen LogP contribution in [0.15, 0.2) is 58.3 Å². The predicted molar refractivity (Wildman–Crippen MR) is 127 cm³/mol. The first-order valence-electron chi connectivity index (χ1n) is 10.6. The van der Waals surface area contributed by atoms with E-state index in [4.69, 9.17) is 4.74 Å². The Morgan fingerprint density at radius 2 is 2.00 bits per heavy atom. The Balaban J connectivity index is 1.82. The Hall–Kier alpha value is -3.17. The third kappa shape index (κ3) is 6.00. The molecule has 1 amide bonds. The van der Waals surface area contributed by atoms with Gasteiger partial charge in [-0.3, -0.25) is 14.9 Å². The molecule has 1 unspecified atom stereocenters. The third-order valence-electron chi connectivity index (χ3n) is 5.36. The summed E-state index contributed by atoms with van der Waals surface area (Å²) in [6.45, 7) is 5.43. The lowest BCUT2D eigenvalue weighted by atomic mass is 10.0. The van der Waals surface area contributed by atoms with Gasteiger partial charge in [-0.2, -0.15) is 0 Å². The molecule has 33 heavy (non-hydrogen) atoms. The maximum absolute atomic E-state index is 12.7. The van der Waals surface area contributed by atoms with Crippen molar-refractivity contribution in [2.45, 2.75) is 35.6 Å². The van der Waals surface area contributed by atoms with Gasteiger partial charge in [-0.25, -0.2) is 4.79 Å². The molecule has 0 bridgehead atoms. The van der Waals surface area contributed by atoms with Crippen molar-refractivity contribution in [3.05, 3.63) is 69.8 Å². The average Bonchev–Trinajstić information content (AvgIpc) is 2.82. The highest BCUT2D eigenvalue weighted by Gasteiger charge is 2.31. The molecule has 0 aromatic heterocycles. The molecule has 2 aromatic carbocycles. The Morgan fingerprint density at radius 3 is 2.70 bits per heavy atom. The Kier molecular flexibility index (Phi) is 8.24. The Labute approximate surface area is 197 Å². The van der Waals surface area contributed by atoms with Crippen molar-refractivity contribution in [2.75, 3.05) is 26.7 Å². The van der Waals surface area contributed by atoms with Crippen molar-refractivity contribution in [3.63, 3.8) is 0 Å². The predicted octanol–water partition coefficient (Wildman–Crippen LogP) is 3.86. The summed E-state index contributed by atoms with van der Waals surface area (Å²) < 4.78 is 4.79. The first-order valence-corrected chi connectivity index (χ1v) is 11.5. The van der Waals surface area contributed by atoms with Crippen LogP contribution in [0.3, 0.4) is 0 Å². The first kappa shape index (κ1) is 24.5. The largest absolute Gasteiger partial charge is 0.467 e. The minimum atomic E-state index is -0.699. The standard InChI is InChI=1S/C24H27N3O5S/c1-16(2)18-6-4-5-7-21(18)33-22-10-8-17(14-19(22)27(30)31)9-11-23(28)26-13-12-25-15-20(26)24(29)32-3/h4-11,14,16,20,25H,12-13,15H2,1-3H3. The Bertz CT molecular complexity index is 1070. The van der Waals surface area contributed by atoms with Crippen LogP contribution in [0.2, 0.25) is 0 Å². The maximum Gasteiger partial charge on any atom is 0.329 e. The van der Waals surface area contributed by atoms with E-state index in [2.05, 4.69) is 19.2 Å². The molecule has 1 N–H and O–H groups in total. The lowest BCUT2D eigenvalue weighted by molar-refractivity contribution is -0.387. The lowest BCUT2D eigenvalue weighted by Crippen LogP contribution is -2.56. The molecule has 0 saturated carbocycles. The topological polar surface area (TPSA) is 102 Å². The van der Waals surface area contributed by atoms with E-state index < -0.39 is 16.9 Å². The minimum absolute atomic E-state index is 0.0252. The molecule has 1 atom stereocenters. The number of nitro groups is 1. The van der Waals surface area contributed by atoms with E-state index >= 15 is 0 Å². The quantitative estimate of drug-likeness (QED) is 0.284. The SMILES string of the molecule is COC(=O)C1CNCCN1C(=O)C=Cc1ccc(Sc2ccccc2C(C)C)c([N+](=O)[O-])c1. The summed E-state index contributed by atoms with van der Waals surface area (Å²) in [6.07, 6.45) is 2.86. The summed E-state index contributed by atoms with van der Waals surface area (Å²) in [5.41, 5.74) is 1.63. The minimum Gasteiger partial charge on any atom is -0.467 e. The smallest absolute Gasteiger partial charge is 0.329 e. The molecule has 0 spiro atoms. The molecule has 3 rings (SSSR count). The molecule has 1 fully saturated rings. The van der Waals surface area contributed by atoms with Crippen molar-refractivity contribution < 1.29 is 19.2 Å². The molecular formula is C24H27N3O5S. The highest BCUT2D eigenvalue weighted by Crippen LogP contribution is 2.39.